The van der Waals surface area contributed by atoms with Crippen LogP contribution in [0.3, 0.4) is 0 Å². The van der Waals surface area contributed by atoms with Crippen molar-refractivity contribution in [2.45, 2.75) is 6.92 Å². The van der Waals surface area contributed by atoms with Crippen molar-refractivity contribution in [1.82, 2.24) is 9.66 Å². The van der Waals surface area contributed by atoms with Gasteiger partial charge in [0.25, 0.3) is 0 Å². The van der Waals surface area contributed by atoms with E-state index in [4.69, 9.17) is 15.2 Å². The van der Waals surface area contributed by atoms with Gasteiger partial charge in [-0.2, -0.15) is 5.10 Å². The number of nitrogen functional groups attached to an aromatic ring is 1. The fourth-order valence-electron chi connectivity index (χ4n) is 1.63. The van der Waals surface area contributed by atoms with Crippen LogP contribution >= 0.6 is 0 Å². The molecular formula is C13H16N4O2. The molecular weight excluding hydrogens is 244 g/mol. The SMILES string of the molecule is COc1cc(C=Nn2cc(C)nc2N)cc(OC)c1. The summed E-state index contributed by atoms with van der Waals surface area (Å²) in [6.45, 7) is 1.86. The smallest absolute Gasteiger partial charge is 0.221 e. The van der Waals surface area contributed by atoms with Crippen LogP contribution in [0.2, 0.25) is 0 Å². The van der Waals surface area contributed by atoms with Gasteiger partial charge in [0, 0.05) is 11.6 Å². The molecule has 1 aromatic carbocycles. The third kappa shape index (κ3) is 3.04. The van der Waals surface area contributed by atoms with Crippen LogP contribution < -0.4 is 15.2 Å². The number of anilines is 1. The van der Waals surface area contributed by atoms with Gasteiger partial charge in [-0.1, -0.05) is 0 Å². The minimum absolute atomic E-state index is 0.351. The van der Waals surface area contributed by atoms with E-state index in [1.165, 1.54) is 4.68 Å². The lowest BCUT2D eigenvalue weighted by atomic mass is 10.2. The number of rotatable bonds is 4. The van der Waals surface area contributed by atoms with Gasteiger partial charge in [0.2, 0.25) is 5.95 Å². The fraction of sp³-hybridized carbons (Fsp3) is 0.231. The monoisotopic (exact) mass is 260 g/mol. The Morgan fingerprint density at radius 3 is 2.32 bits per heavy atom. The number of benzene rings is 1. The van der Waals surface area contributed by atoms with Crippen LogP contribution in [0.1, 0.15) is 11.3 Å². The van der Waals surface area contributed by atoms with Gasteiger partial charge in [-0.3, -0.25) is 0 Å². The van der Waals surface area contributed by atoms with Crippen molar-refractivity contribution >= 4 is 12.2 Å². The second-order valence-electron chi connectivity index (χ2n) is 3.98. The molecule has 0 radical (unpaired) electrons. The highest BCUT2D eigenvalue weighted by Crippen LogP contribution is 2.21. The third-order valence-corrected chi connectivity index (χ3v) is 2.54. The summed E-state index contributed by atoms with van der Waals surface area (Å²) >= 11 is 0. The van der Waals surface area contributed by atoms with E-state index < -0.39 is 0 Å². The second-order valence-corrected chi connectivity index (χ2v) is 3.98. The number of aryl methyl sites for hydroxylation is 1. The lowest BCUT2D eigenvalue weighted by molar-refractivity contribution is 0.394. The van der Waals surface area contributed by atoms with Crippen LogP contribution in [0.5, 0.6) is 11.5 Å². The molecule has 0 amide bonds. The molecule has 0 aliphatic rings. The van der Waals surface area contributed by atoms with Crippen molar-refractivity contribution in [2.75, 3.05) is 20.0 Å². The molecule has 100 valence electrons. The topological polar surface area (TPSA) is 74.7 Å². The number of nitrogens with zero attached hydrogens (tertiary/aromatic N) is 3. The molecule has 0 fully saturated rings. The van der Waals surface area contributed by atoms with Crippen molar-refractivity contribution in [1.29, 1.82) is 0 Å². The molecule has 2 aromatic rings. The maximum Gasteiger partial charge on any atom is 0.221 e. The molecule has 6 heteroatoms. The van der Waals surface area contributed by atoms with Gasteiger partial charge in [0.1, 0.15) is 11.5 Å². The number of ether oxygens (including phenoxy) is 2. The summed E-state index contributed by atoms with van der Waals surface area (Å²) in [4.78, 5) is 4.07. The third-order valence-electron chi connectivity index (χ3n) is 2.54. The van der Waals surface area contributed by atoms with Gasteiger partial charge in [-0.05, 0) is 19.1 Å². The van der Waals surface area contributed by atoms with E-state index >= 15 is 0 Å². The summed E-state index contributed by atoms with van der Waals surface area (Å²) in [5, 5.41) is 4.24. The Balaban J connectivity index is 2.29. The van der Waals surface area contributed by atoms with Gasteiger partial charge in [-0.25, -0.2) is 9.66 Å². The van der Waals surface area contributed by atoms with E-state index in [1.807, 2.05) is 19.1 Å². The predicted octanol–water partition coefficient (Wildman–Crippen LogP) is 1.67. The predicted molar refractivity (Wildman–Crippen MR) is 73.9 cm³/mol. The highest BCUT2D eigenvalue weighted by atomic mass is 16.5. The van der Waals surface area contributed by atoms with Crippen LogP contribution in [0.25, 0.3) is 0 Å². The molecule has 0 aliphatic carbocycles. The van der Waals surface area contributed by atoms with E-state index in [9.17, 15) is 0 Å². The van der Waals surface area contributed by atoms with Gasteiger partial charge in [0.15, 0.2) is 0 Å². The van der Waals surface area contributed by atoms with E-state index in [2.05, 4.69) is 10.1 Å². The van der Waals surface area contributed by atoms with Crippen LogP contribution in [0.4, 0.5) is 5.95 Å². The number of imidazole rings is 1. The fourth-order valence-corrected chi connectivity index (χ4v) is 1.63. The maximum absolute atomic E-state index is 5.71. The number of hydrogen-bond acceptors (Lipinski definition) is 5. The molecule has 1 heterocycles. The Morgan fingerprint density at radius 1 is 1.21 bits per heavy atom. The van der Waals surface area contributed by atoms with E-state index in [0.29, 0.717) is 17.4 Å². The molecule has 0 aliphatic heterocycles. The standard InChI is InChI=1S/C13H16N4O2/c1-9-8-17(13(14)16-9)15-7-10-4-11(18-2)6-12(5-10)19-3/h4-8H,1-3H3,(H2,14,16). The van der Waals surface area contributed by atoms with E-state index in [-0.39, 0.29) is 0 Å². The molecule has 6 nitrogen and oxygen atoms in total. The summed E-state index contributed by atoms with van der Waals surface area (Å²) in [6, 6.07) is 5.51. The Kier molecular flexibility index (Phi) is 3.70. The normalized spacial score (nSPS) is 10.9. The first-order valence-electron chi connectivity index (χ1n) is 5.71. The van der Waals surface area contributed by atoms with Gasteiger partial charge < -0.3 is 15.2 Å². The highest BCUT2D eigenvalue weighted by Gasteiger charge is 2.01. The molecule has 0 saturated heterocycles. The summed E-state index contributed by atoms with van der Waals surface area (Å²) in [5.74, 6) is 1.76. The molecule has 1 aromatic heterocycles. The summed E-state index contributed by atoms with van der Waals surface area (Å²) in [5.41, 5.74) is 7.37. The van der Waals surface area contributed by atoms with Crippen LogP contribution in [0.15, 0.2) is 29.5 Å². The lowest BCUT2D eigenvalue weighted by Crippen LogP contribution is -1.97. The molecule has 19 heavy (non-hydrogen) atoms. The van der Waals surface area contributed by atoms with Crippen LogP contribution in [0, 0.1) is 6.92 Å². The first-order chi connectivity index (χ1) is 9.12. The molecule has 0 unspecified atom stereocenters. The zero-order valence-electron chi connectivity index (χ0n) is 11.1. The molecule has 0 saturated carbocycles. The second kappa shape index (κ2) is 5.43. The van der Waals surface area contributed by atoms with Crippen molar-refractivity contribution < 1.29 is 9.47 Å². The number of methoxy groups -OCH3 is 2. The Hall–Kier alpha value is -2.50. The molecule has 0 spiro atoms. The zero-order valence-corrected chi connectivity index (χ0v) is 11.1. The van der Waals surface area contributed by atoms with Crippen molar-refractivity contribution in [3.63, 3.8) is 0 Å². The minimum Gasteiger partial charge on any atom is -0.497 e. The van der Waals surface area contributed by atoms with Crippen molar-refractivity contribution in [2.24, 2.45) is 5.10 Å². The maximum atomic E-state index is 5.71. The van der Waals surface area contributed by atoms with Crippen LogP contribution in [-0.2, 0) is 0 Å². The lowest BCUT2D eigenvalue weighted by Gasteiger charge is -2.05. The quantitative estimate of drug-likeness (QED) is 0.848. The van der Waals surface area contributed by atoms with E-state index in [1.54, 1.807) is 32.7 Å². The van der Waals surface area contributed by atoms with Crippen molar-refractivity contribution in [3.05, 3.63) is 35.7 Å². The van der Waals surface area contributed by atoms with Gasteiger partial charge >= 0.3 is 0 Å². The minimum atomic E-state index is 0.351. The first-order valence-corrected chi connectivity index (χ1v) is 5.71. The number of aromatic nitrogens is 2. The summed E-state index contributed by atoms with van der Waals surface area (Å²) in [7, 11) is 3.21. The Morgan fingerprint density at radius 2 is 1.84 bits per heavy atom. The average molecular weight is 260 g/mol. The number of nitrogens with two attached hydrogens (primary N) is 1. The van der Waals surface area contributed by atoms with Crippen LogP contribution in [-0.4, -0.2) is 30.1 Å². The Labute approximate surface area is 111 Å². The van der Waals surface area contributed by atoms with Gasteiger partial charge in [-0.15, -0.1) is 0 Å². The molecule has 2 rings (SSSR count). The number of hydrogen-bond donors (Lipinski definition) is 1. The zero-order chi connectivity index (χ0) is 13.8. The largest absolute Gasteiger partial charge is 0.497 e. The van der Waals surface area contributed by atoms with Gasteiger partial charge in [0.05, 0.1) is 32.3 Å². The molecule has 0 atom stereocenters. The summed E-state index contributed by atoms with van der Waals surface area (Å²) in [6.07, 6.45) is 3.42. The van der Waals surface area contributed by atoms with Crippen molar-refractivity contribution in [3.8, 4) is 11.5 Å². The Bertz CT molecular complexity index is 582. The first kappa shape index (κ1) is 12.9. The average Bonchev–Trinajstić information content (AvgIpc) is 2.74. The highest BCUT2D eigenvalue weighted by molar-refractivity contribution is 5.81. The van der Waals surface area contributed by atoms with E-state index in [0.717, 1.165) is 11.3 Å². The summed E-state index contributed by atoms with van der Waals surface area (Å²) < 4.78 is 11.9. The molecule has 2 N–H and O–H groups in total. The molecule has 0 bridgehead atoms.